The molecule has 0 radical (unpaired) electrons. The first-order valence-electron chi connectivity index (χ1n) is 8.85. The molecule has 0 spiro atoms. The predicted octanol–water partition coefficient (Wildman–Crippen LogP) is 3.85. The second-order valence-corrected chi connectivity index (χ2v) is 13.4. The SMILES string of the molecule is CC(C)C1C(C)C=CN1CC1(O[Si](C)(C)C)COC(C)(C)OC1. The molecule has 4 nitrogen and oxygen atoms in total. The Bertz CT molecular complexity index is 432. The first-order valence-corrected chi connectivity index (χ1v) is 12.3. The quantitative estimate of drug-likeness (QED) is 0.711. The standard InChI is InChI=1S/C18H35NO3Si/c1-14(2)16-15(3)9-10-19(16)11-18(22-23(6,7)8)12-20-17(4,5)21-13-18/h9-10,14-16H,11-13H2,1-8H3. The van der Waals surface area contributed by atoms with E-state index in [0.29, 0.717) is 31.1 Å². The molecule has 0 bridgehead atoms. The third kappa shape index (κ3) is 4.81. The second kappa shape index (κ2) is 6.51. The molecule has 2 aliphatic rings. The van der Waals surface area contributed by atoms with E-state index < -0.39 is 14.1 Å². The van der Waals surface area contributed by atoms with Crippen LogP contribution in [0.4, 0.5) is 0 Å². The van der Waals surface area contributed by atoms with Crippen molar-refractivity contribution in [2.45, 2.75) is 71.7 Å². The number of hydrogen-bond acceptors (Lipinski definition) is 4. The van der Waals surface area contributed by atoms with Gasteiger partial charge in [0.25, 0.3) is 0 Å². The summed E-state index contributed by atoms with van der Waals surface area (Å²) in [5.74, 6) is 0.657. The van der Waals surface area contributed by atoms with Crippen LogP contribution in [0.15, 0.2) is 12.3 Å². The second-order valence-electron chi connectivity index (χ2n) is 8.98. The summed E-state index contributed by atoms with van der Waals surface area (Å²) in [6.07, 6.45) is 4.55. The molecule has 134 valence electrons. The number of hydrogen-bond donors (Lipinski definition) is 0. The van der Waals surface area contributed by atoms with Gasteiger partial charge in [0.2, 0.25) is 0 Å². The molecule has 2 unspecified atom stereocenters. The molecular formula is C18H35NO3Si. The van der Waals surface area contributed by atoms with Crippen LogP contribution >= 0.6 is 0 Å². The molecule has 2 atom stereocenters. The van der Waals surface area contributed by atoms with E-state index in [-0.39, 0.29) is 5.60 Å². The van der Waals surface area contributed by atoms with Gasteiger partial charge in [0.1, 0.15) is 5.60 Å². The zero-order chi connectivity index (χ0) is 17.5. The molecule has 5 heteroatoms. The van der Waals surface area contributed by atoms with Crippen molar-refractivity contribution < 1.29 is 13.9 Å². The summed E-state index contributed by atoms with van der Waals surface area (Å²) in [5, 5.41) is 0. The van der Waals surface area contributed by atoms with Crippen molar-refractivity contribution in [3.05, 3.63) is 12.3 Å². The highest BCUT2D eigenvalue weighted by molar-refractivity contribution is 6.69. The minimum absolute atomic E-state index is 0.373. The van der Waals surface area contributed by atoms with Gasteiger partial charge >= 0.3 is 0 Å². The first kappa shape index (κ1) is 19.0. The van der Waals surface area contributed by atoms with Crippen LogP contribution in [-0.4, -0.2) is 50.4 Å². The lowest BCUT2D eigenvalue weighted by atomic mass is 9.92. The Labute approximate surface area is 143 Å². The fraction of sp³-hybridized carbons (Fsp3) is 0.889. The maximum absolute atomic E-state index is 6.60. The summed E-state index contributed by atoms with van der Waals surface area (Å²) in [4.78, 5) is 2.44. The predicted molar refractivity (Wildman–Crippen MR) is 96.8 cm³/mol. The summed E-state index contributed by atoms with van der Waals surface area (Å²) in [6, 6.07) is 0.520. The van der Waals surface area contributed by atoms with Gasteiger partial charge in [-0.15, -0.1) is 0 Å². The van der Waals surface area contributed by atoms with E-state index in [2.05, 4.69) is 57.6 Å². The van der Waals surface area contributed by atoms with E-state index in [1.54, 1.807) is 0 Å². The van der Waals surface area contributed by atoms with Crippen LogP contribution < -0.4 is 0 Å². The molecule has 1 fully saturated rings. The highest BCUT2D eigenvalue weighted by atomic mass is 28.4. The van der Waals surface area contributed by atoms with Crippen LogP contribution in [0.1, 0.15) is 34.6 Å². The van der Waals surface area contributed by atoms with Gasteiger partial charge in [-0.1, -0.05) is 26.8 Å². The van der Waals surface area contributed by atoms with Crippen molar-refractivity contribution in [3.8, 4) is 0 Å². The van der Waals surface area contributed by atoms with Crippen LogP contribution in [0, 0.1) is 11.8 Å². The van der Waals surface area contributed by atoms with Gasteiger partial charge in [0, 0.05) is 6.04 Å². The van der Waals surface area contributed by atoms with Crippen LogP contribution in [0.3, 0.4) is 0 Å². The van der Waals surface area contributed by atoms with Gasteiger partial charge in [-0.05, 0) is 51.5 Å². The third-order valence-electron chi connectivity index (χ3n) is 4.54. The molecule has 0 aliphatic carbocycles. The average Bonchev–Trinajstić information content (AvgIpc) is 2.72. The molecule has 0 aromatic carbocycles. The number of ether oxygens (including phenoxy) is 2. The van der Waals surface area contributed by atoms with E-state index in [1.165, 1.54) is 0 Å². The third-order valence-corrected chi connectivity index (χ3v) is 5.59. The van der Waals surface area contributed by atoms with E-state index in [1.807, 2.05) is 13.8 Å². The Morgan fingerprint density at radius 3 is 2.26 bits per heavy atom. The highest BCUT2D eigenvalue weighted by Crippen LogP contribution is 2.34. The van der Waals surface area contributed by atoms with Crippen molar-refractivity contribution in [2.75, 3.05) is 19.8 Å². The van der Waals surface area contributed by atoms with Crippen molar-refractivity contribution in [1.29, 1.82) is 0 Å². The van der Waals surface area contributed by atoms with Gasteiger partial charge in [0.05, 0.1) is 19.8 Å². The van der Waals surface area contributed by atoms with Gasteiger partial charge in [0.15, 0.2) is 14.1 Å². The van der Waals surface area contributed by atoms with Crippen LogP contribution in [0.2, 0.25) is 19.6 Å². The lowest BCUT2D eigenvalue weighted by Crippen LogP contribution is -2.61. The van der Waals surface area contributed by atoms with Crippen molar-refractivity contribution >= 4 is 8.32 Å². The Hall–Kier alpha value is -0.363. The molecule has 0 N–H and O–H groups in total. The number of nitrogens with zero attached hydrogens (tertiary/aromatic N) is 1. The summed E-state index contributed by atoms with van der Waals surface area (Å²) < 4.78 is 18.6. The molecule has 1 saturated heterocycles. The summed E-state index contributed by atoms with van der Waals surface area (Å²) in [5.41, 5.74) is -0.373. The van der Waals surface area contributed by atoms with Crippen LogP contribution in [0.25, 0.3) is 0 Å². The minimum Gasteiger partial charge on any atom is -0.406 e. The molecular weight excluding hydrogens is 306 g/mol. The summed E-state index contributed by atoms with van der Waals surface area (Å²) in [6.45, 7) is 19.5. The van der Waals surface area contributed by atoms with Crippen molar-refractivity contribution in [1.82, 2.24) is 4.90 Å². The van der Waals surface area contributed by atoms with Crippen molar-refractivity contribution in [2.24, 2.45) is 11.8 Å². The zero-order valence-electron chi connectivity index (χ0n) is 16.2. The highest BCUT2D eigenvalue weighted by Gasteiger charge is 2.46. The summed E-state index contributed by atoms with van der Waals surface area (Å²) >= 11 is 0. The average molecular weight is 342 g/mol. The zero-order valence-corrected chi connectivity index (χ0v) is 17.2. The topological polar surface area (TPSA) is 30.9 Å². The first-order chi connectivity index (χ1) is 10.4. The Balaban J connectivity index is 2.17. The molecule has 0 aromatic heterocycles. The molecule has 2 aliphatic heterocycles. The fourth-order valence-corrected chi connectivity index (χ4v) is 5.25. The maximum atomic E-state index is 6.60. The van der Waals surface area contributed by atoms with Crippen LogP contribution in [0.5, 0.6) is 0 Å². The fourth-order valence-electron chi connectivity index (χ4n) is 3.77. The normalized spacial score (nSPS) is 30.2. The monoisotopic (exact) mass is 341 g/mol. The largest absolute Gasteiger partial charge is 0.406 e. The minimum atomic E-state index is -1.71. The molecule has 2 heterocycles. The molecule has 0 saturated carbocycles. The Morgan fingerprint density at radius 1 is 1.22 bits per heavy atom. The van der Waals surface area contributed by atoms with Gasteiger partial charge in [-0.3, -0.25) is 0 Å². The van der Waals surface area contributed by atoms with Gasteiger partial charge in [-0.2, -0.15) is 0 Å². The Kier molecular flexibility index (Phi) is 5.36. The number of rotatable bonds is 5. The smallest absolute Gasteiger partial charge is 0.184 e. The van der Waals surface area contributed by atoms with E-state index in [9.17, 15) is 0 Å². The lowest BCUT2D eigenvalue weighted by Gasteiger charge is -2.48. The molecule has 2 rings (SSSR count). The van der Waals surface area contributed by atoms with Crippen molar-refractivity contribution in [3.63, 3.8) is 0 Å². The molecule has 23 heavy (non-hydrogen) atoms. The lowest BCUT2D eigenvalue weighted by molar-refractivity contribution is -0.299. The van der Waals surface area contributed by atoms with E-state index >= 15 is 0 Å². The van der Waals surface area contributed by atoms with Gasteiger partial charge < -0.3 is 18.8 Å². The Morgan fingerprint density at radius 2 is 1.78 bits per heavy atom. The summed E-state index contributed by atoms with van der Waals surface area (Å²) in [7, 11) is -1.71. The van der Waals surface area contributed by atoms with E-state index in [0.717, 1.165) is 6.54 Å². The van der Waals surface area contributed by atoms with E-state index in [4.69, 9.17) is 13.9 Å². The van der Waals surface area contributed by atoms with Gasteiger partial charge in [-0.25, -0.2) is 0 Å². The van der Waals surface area contributed by atoms with Crippen LogP contribution in [-0.2, 0) is 13.9 Å². The molecule has 0 aromatic rings. The molecule has 0 amide bonds. The maximum Gasteiger partial charge on any atom is 0.184 e.